The third-order valence-corrected chi connectivity index (χ3v) is 7.52. The van der Waals surface area contributed by atoms with E-state index >= 15 is 0 Å². The van der Waals surface area contributed by atoms with Crippen LogP contribution in [0.1, 0.15) is 34.6 Å². The van der Waals surface area contributed by atoms with Gasteiger partial charge in [0.15, 0.2) is 0 Å². The Labute approximate surface area is 173 Å². The zero-order valence-electron chi connectivity index (χ0n) is 16.3. The van der Waals surface area contributed by atoms with Crippen LogP contribution in [0.15, 0.2) is 47.7 Å². The molecule has 1 aromatic heterocycles. The Bertz CT molecular complexity index is 1060. The first-order valence-electron chi connectivity index (χ1n) is 8.60. The summed E-state index contributed by atoms with van der Waals surface area (Å²) in [5, 5.41) is 2.60. The SMILES string of the molecule is C=Cc1cc(NC(=O)c2cc(S(=O)(=O)NC(C)C(C)(F)C=C)sc2C)ccc1F. The van der Waals surface area contributed by atoms with Crippen molar-refractivity contribution < 1.29 is 22.0 Å². The molecule has 0 aliphatic heterocycles. The molecule has 2 N–H and O–H groups in total. The average Bonchev–Trinajstić information content (AvgIpc) is 3.05. The lowest BCUT2D eigenvalue weighted by molar-refractivity contribution is 0.102. The Kier molecular flexibility index (Phi) is 6.77. The van der Waals surface area contributed by atoms with Crippen molar-refractivity contribution >= 4 is 39.0 Å². The second kappa shape index (κ2) is 8.56. The minimum atomic E-state index is -4.04. The molecule has 2 rings (SSSR count). The predicted molar refractivity (Wildman–Crippen MR) is 113 cm³/mol. The van der Waals surface area contributed by atoms with Crippen LogP contribution in [-0.2, 0) is 10.0 Å². The highest BCUT2D eigenvalue weighted by molar-refractivity contribution is 7.91. The maximum atomic E-state index is 14.3. The largest absolute Gasteiger partial charge is 0.322 e. The quantitative estimate of drug-likeness (QED) is 0.586. The molecule has 1 aromatic carbocycles. The number of halogens is 2. The van der Waals surface area contributed by atoms with Crippen molar-refractivity contribution in [1.29, 1.82) is 0 Å². The standard InChI is InChI=1S/C20H22F2N2O3S2/c1-6-14-10-15(8-9-17(14)21)23-19(25)16-11-18(28-12(16)3)29(26,27)24-13(4)20(5,22)7-2/h6-11,13,24H,1-2H2,3-5H3,(H,23,25). The molecule has 2 aromatic rings. The van der Waals surface area contributed by atoms with Crippen molar-refractivity contribution in [3.8, 4) is 0 Å². The average molecular weight is 441 g/mol. The Balaban J connectivity index is 2.26. The van der Waals surface area contributed by atoms with E-state index in [1.165, 1.54) is 44.2 Å². The number of hydrogen-bond donors (Lipinski definition) is 2. The molecule has 0 bridgehead atoms. The molecule has 2 atom stereocenters. The molecule has 156 valence electrons. The van der Waals surface area contributed by atoms with Gasteiger partial charge < -0.3 is 5.32 Å². The van der Waals surface area contributed by atoms with E-state index in [4.69, 9.17) is 0 Å². The molecule has 0 aliphatic rings. The zero-order chi connectivity index (χ0) is 22.0. The van der Waals surface area contributed by atoms with Gasteiger partial charge >= 0.3 is 0 Å². The summed E-state index contributed by atoms with van der Waals surface area (Å²) in [4.78, 5) is 13.0. The van der Waals surface area contributed by atoms with Crippen LogP contribution in [0.25, 0.3) is 6.08 Å². The molecule has 9 heteroatoms. The maximum absolute atomic E-state index is 14.3. The molecule has 29 heavy (non-hydrogen) atoms. The van der Waals surface area contributed by atoms with Crippen LogP contribution in [0.2, 0.25) is 0 Å². The van der Waals surface area contributed by atoms with Crippen molar-refractivity contribution in [2.45, 2.75) is 36.7 Å². The van der Waals surface area contributed by atoms with Crippen molar-refractivity contribution in [1.82, 2.24) is 4.72 Å². The number of nitrogens with one attached hydrogen (secondary N) is 2. The number of sulfonamides is 1. The summed E-state index contributed by atoms with van der Waals surface area (Å²) in [6.45, 7) is 11.1. The first kappa shape index (κ1) is 22.9. The number of carbonyl (C=O) groups excluding carboxylic acids is 1. The number of anilines is 1. The number of benzene rings is 1. The van der Waals surface area contributed by atoms with Crippen LogP contribution in [0.3, 0.4) is 0 Å². The molecule has 2 unspecified atom stereocenters. The number of aryl methyl sites for hydroxylation is 1. The third-order valence-electron chi connectivity index (χ3n) is 4.46. The number of amides is 1. The number of alkyl halides is 1. The summed E-state index contributed by atoms with van der Waals surface area (Å²) < 4.78 is 55.1. The lowest BCUT2D eigenvalue weighted by Gasteiger charge is -2.24. The minimum Gasteiger partial charge on any atom is -0.322 e. The van der Waals surface area contributed by atoms with Gasteiger partial charge in [0.1, 0.15) is 15.7 Å². The highest BCUT2D eigenvalue weighted by atomic mass is 32.2. The van der Waals surface area contributed by atoms with Crippen LogP contribution in [-0.4, -0.2) is 26.0 Å². The van der Waals surface area contributed by atoms with E-state index < -0.39 is 33.5 Å². The van der Waals surface area contributed by atoms with Crippen LogP contribution in [0, 0.1) is 12.7 Å². The van der Waals surface area contributed by atoms with Gasteiger partial charge in [-0.25, -0.2) is 21.9 Å². The Morgan fingerprint density at radius 3 is 2.55 bits per heavy atom. The number of rotatable bonds is 8. The van der Waals surface area contributed by atoms with Gasteiger partial charge in [-0.05, 0) is 45.0 Å². The fourth-order valence-electron chi connectivity index (χ4n) is 2.37. The molecule has 1 amide bonds. The summed E-state index contributed by atoms with van der Waals surface area (Å²) in [5.74, 6) is -1.02. The summed E-state index contributed by atoms with van der Waals surface area (Å²) in [6, 6.07) is 4.18. The molecule has 1 heterocycles. The van der Waals surface area contributed by atoms with Crippen LogP contribution >= 0.6 is 11.3 Å². The van der Waals surface area contributed by atoms with E-state index in [-0.39, 0.29) is 15.3 Å². The summed E-state index contributed by atoms with van der Waals surface area (Å²) in [5.41, 5.74) is -1.22. The second-order valence-electron chi connectivity index (χ2n) is 6.63. The van der Waals surface area contributed by atoms with Gasteiger partial charge in [-0.3, -0.25) is 4.79 Å². The molecule has 0 saturated carbocycles. The van der Waals surface area contributed by atoms with Crippen molar-refractivity contribution in [3.05, 3.63) is 65.3 Å². The number of thiophene rings is 1. The van der Waals surface area contributed by atoms with Gasteiger partial charge in [-0.15, -0.1) is 11.3 Å². The molecular weight excluding hydrogens is 418 g/mol. The van der Waals surface area contributed by atoms with E-state index in [0.29, 0.717) is 10.6 Å². The van der Waals surface area contributed by atoms with Crippen molar-refractivity contribution in [3.63, 3.8) is 0 Å². The molecule has 0 radical (unpaired) electrons. The smallest absolute Gasteiger partial charge is 0.256 e. The molecular formula is C20H22F2N2O3S2. The Hall–Kier alpha value is -2.36. The normalized spacial score (nSPS) is 14.7. The van der Waals surface area contributed by atoms with E-state index in [0.717, 1.165) is 17.4 Å². The highest BCUT2D eigenvalue weighted by Crippen LogP contribution is 2.28. The number of hydrogen-bond acceptors (Lipinski definition) is 4. The van der Waals surface area contributed by atoms with E-state index in [2.05, 4.69) is 23.2 Å². The molecule has 0 fully saturated rings. The van der Waals surface area contributed by atoms with Crippen LogP contribution in [0.5, 0.6) is 0 Å². The van der Waals surface area contributed by atoms with E-state index in [1.54, 1.807) is 6.92 Å². The summed E-state index contributed by atoms with van der Waals surface area (Å²) >= 11 is 0.895. The summed E-state index contributed by atoms with van der Waals surface area (Å²) in [7, 11) is -4.04. The van der Waals surface area contributed by atoms with Crippen molar-refractivity contribution in [2.24, 2.45) is 0 Å². The topological polar surface area (TPSA) is 75.3 Å². The van der Waals surface area contributed by atoms with Crippen molar-refractivity contribution in [2.75, 3.05) is 5.32 Å². The number of carbonyl (C=O) groups is 1. The lowest BCUT2D eigenvalue weighted by atomic mass is 10.0. The molecule has 5 nitrogen and oxygen atoms in total. The van der Waals surface area contributed by atoms with Gasteiger partial charge in [0.05, 0.1) is 11.6 Å². The first-order chi connectivity index (χ1) is 13.4. The molecule has 0 saturated heterocycles. The predicted octanol–water partition coefficient (Wildman–Crippen LogP) is 4.67. The van der Waals surface area contributed by atoms with Gasteiger partial charge in [-0.2, -0.15) is 0 Å². The fourth-order valence-corrected chi connectivity index (χ4v) is 5.16. The minimum absolute atomic E-state index is 0.113. The first-order valence-corrected chi connectivity index (χ1v) is 10.9. The maximum Gasteiger partial charge on any atom is 0.256 e. The fraction of sp³-hybridized carbons (Fsp3) is 0.250. The van der Waals surface area contributed by atoms with Gasteiger partial charge in [0.25, 0.3) is 5.91 Å². The van der Waals surface area contributed by atoms with Gasteiger partial charge in [-0.1, -0.05) is 25.3 Å². The van der Waals surface area contributed by atoms with E-state index in [1.807, 2.05) is 0 Å². The lowest BCUT2D eigenvalue weighted by Crippen LogP contribution is -2.44. The van der Waals surface area contributed by atoms with Gasteiger partial charge in [0.2, 0.25) is 10.0 Å². The molecule has 0 aliphatic carbocycles. The Morgan fingerprint density at radius 2 is 1.97 bits per heavy atom. The zero-order valence-corrected chi connectivity index (χ0v) is 17.9. The van der Waals surface area contributed by atoms with Crippen LogP contribution in [0.4, 0.5) is 14.5 Å². The highest BCUT2D eigenvalue weighted by Gasteiger charge is 2.32. The molecule has 0 spiro atoms. The summed E-state index contributed by atoms with van der Waals surface area (Å²) in [6.07, 6.45) is 2.35. The monoisotopic (exact) mass is 440 g/mol. The van der Waals surface area contributed by atoms with Crippen LogP contribution < -0.4 is 10.0 Å². The van der Waals surface area contributed by atoms with E-state index in [9.17, 15) is 22.0 Å². The third kappa shape index (κ3) is 5.17. The van der Waals surface area contributed by atoms with Gasteiger partial charge in [0, 0.05) is 16.1 Å². The Morgan fingerprint density at radius 1 is 1.31 bits per heavy atom. The second-order valence-corrected chi connectivity index (χ2v) is 9.83.